The van der Waals surface area contributed by atoms with Crippen molar-refractivity contribution in [2.45, 2.75) is 6.54 Å². The third kappa shape index (κ3) is 4.44. The first-order valence-corrected chi connectivity index (χ1v) is 6.90. The molecule has 2 N–H and O–H groups in total. The van der Waals surface area contributed by atoms with Gasteiger partial charge in [-0.3, -0.25) is 4.79 Å². The first-order chi connectivity index (χ1) is 9.65. The lowest BCUT2D eigenvalue weighted by atomic mass is 10.2. The summed E-state index contributed by atoms with van der Waals surface area (Å²) in [5, 5.41) is 6.86. The maximum absolute atomic E-state index is 11.7. The minimum Gasteiger partial charge on any atom is -0.375 e. The molecule has 0 aliphatic rings. The lowest BCUT2D eigenvalue weighted by Crippen LogP contribution is -2.29. The van der Waals surface area contributed by atoms with E-state index < -0.39 is 0 Å². The van der Waals surface area contributed by atoms with E-state index in [9.17, 15) is 4.79 Å². The van der Waals surface area contributed by atoms with Gasteiger partial charge in [0.1, 0.15) is 0 Å². The molecule has 2 aromatic rings. The van der Waals surface area contributed by atoms with Crippen LogP contribution in [0.5, 0.6) is 0 Å². The van der Waals surface area contributed by atoms with E-state index in [1.165, 1.54) is 0 Å². The van der Waals surface area contributed by atoms with Crippen LogP contribution in [0.25, 0.3) is 0 Å². The van der Waals surface area contributed by atoms with E-state index in [1.54, 1.807) is 18.2 Å². The topological polar surface area (TPSA) is 41.1 Å². The van der Waals surface area contributed by atoms with Crippen LogP contribution in [0, 0.1) is 0 Å². The summed E-state index contributed by atoms with van der Waals surface area (Å²) in [7, 11) is 0. The molecule has 2 rings (SSSR count). The number of benzene rings is 2. The predicted octanol–water partition coefficient (Wildman–Crippen LogP) is 3.72. The Hall–Kier alpha value is -1.71. The summed E-state index contributed by atoms with van der Waals surface area (Å²) in [6, 6.07) is 14.8. The number of carbonyl (C=O) groups excluding carboxylic acids is 1. The lowest BCUT2D eigenvalue weighted by molar-refractivity contribution is -0.119. The number of hydrogen-bond donors (Lipinski definition) is 2. The van der Waals surface area contributed by atoms with Gasteiger partial charge >= 0.3 is 0 Å². The summed E-state index contributed by atoms with van der Waals surface area (Å²) >= 11 is 11.8. The first-order valence-electron chi connectivity index (χ1n) is 6.15. The van der Waals surface area contributed by atoms with Crippen molar-refractivity contribution in [2.75, 3.05) is 11.9 Å². The van der Waals surface area contributed by atoms with E-state index in [-0.39, 0.29) is 12.5 Å². The molecule has 0 aromatic heterocycles. The fourth-order valence-electron chi connectivity index (χ4n) is 1.67. The Balaban J connectivity index is 1.80. The summed E-state index contributed by atoms with van der Waals surface area (Å²) < 4.78 is 0. The largest absolute Gasteiger partial charge is 0.375 e. The van der Waals surface area contributed by atoms with Crippen molar-refractivity contribution in [2.24, 2.45) is 0 Å². The maximum Gasteiger partial charge on any atom is 0.239 e. The van der Waals surface area contributed by atoms with Gasteiger partial charge in [-0.15, -0.1) is 0 Å². The average molecular weight is 309 g/mol. The Kier molecular flexibility index (Phi) is 5.27. The van der Waals surface area contributed by atoms with Crippen molar-refractivity contribution in [3.63, 3.8) is 0 Å². The monoisotopic (exact) mass is 308 g/mol. The number of rotatable bonds is 5. The molecule has 0 radical (unpaired) electrons. The Morgan fingerprint density at radius 1 is 1.05 bits per heavy atom. The molecule has 104 valence electrons. The molecule has 0 spiro atoms. The van der Waals surface area contributed by atoms with Crippen LogP contribution in [0.15, 0.2) is 48.5 Å². The second kappa shape index (κ2) is 7.17. The van der Waals surface area contributed by atoms with E-state index in [2.05, 4.69) is 10.6 Å². The minimum absolute atomic E-state index is 0.0973. The molecule has 5 heteroatoms. The van der Waals surface area contributed by atoms with Gasteiger partial charge in [-0.05, 0) is 23.8 Å². The molecule has 0 saturated carbocycles. The molecule has 0 aliphatic heterocycles. The van der Waals surface area contributed by atoms with Gasteiger partial charge in [0.25, 0.3) is 0 Å². The molecule has 20 heavy (non-hydrogen) atoms. The molecule has 1 amide bonds. The standard InChI is InChI=1S/C15H14Cl2N2O/c16-12-6-7-14(13(17)8-12)18-10-15(20)19-9-11-4-2-1-3-5-11/h1-8,18H,9-10H2,(H,19,20). The van der Waals surface area contributed by atoms with Gasteiger partial charge in [0.15, 0.2) is 0 Å². The van der Waals surface area contributed by atoms with Gasteiger partial charge in [-0.2, -0.15) is 0 Å². The summed E-state index contributed by atoms with van der Waals surface area (Å²) in [4.78, 5) is 11.7. The Morgan fingerprint density at radius 3 is 2.50 bits per heavy atom. The smallest absolute Gasteiger partial charge is 0.239 e. The van der Waals surface area contributed by atoms with Gasteiger partial charge in [0.2, 0.25) is 5.91 Å². The molecule has 0 heterocycles. The number of anilines is 1. The highest BCUT2D eigenvalue weighted by atomic mass is 35.5. The number of carbonyl (C=O) groups is 1. The molecule has 0 saturated heterocycles. The third-order valence-electron chi connectivity index (χ3n) is 2.70. The van der Waals surface area contributed by atoms with Crippen LogP contribution >= 0.6 is 23.2 Å². The van der Waals surface area contributed by atoms with Crippen molar-refractivity contribution >= 4 is 34.8 Å². The number of amides is 1. The second-order valence-corrected chi connectivity index (χ2v) is 5.08. The van der Waals surface area contributed by atoms with E-state index in [4.69, 9.17) is 23.2 Å². The van der Waals surface area contributed by atoms with Gasteiger partial charge in [-0.25, -0.2) is 0 Å². The zero-order valence-electron chi connectivity index (χ0n) is 10.7. The molecule has 0 fully saturated rings. The zero-order valence-corrected chi connectivity index (χ0v) is 12.2. The van der Waals surface area contributed by atoms with Gasteiger partial charge in [-0.1, -0.05) is 53.5 Å². The van der Waals surface area contributed by atoms with Crippen LogP contribution in [0.1, 0.15) is 5.56 Å². The predicted molar refractivity (Wildman–Crippen MR) is 83.2 cm³/mol. The Morgan fingerprint density at radius 2 is 1.80 bits per heavy atom. The number of hydrogen-bond acceptors (Lipinski definition) is 2. The molecule has 0 unspecified atom stereocenters. The van der Waals surface area contributed by atoms with Crippen molar-refractivity contribution in [3.8, 4) is 0 Å². The minimum atomic E-state index is -0.0973. The Labute approximate surface area is 127 Å². The van der Waals surface area contributed by atoms with Crippen molar-refractivity contribution in [1.82, 2.24) is 5.32 Å². The normalized spacial score (nSPS) is 10.1. The molecule has 0 atom stereocenters. The van der Waals surface area contributed by atoms with Crippen molar-refractivity contribution in [1.29, 1.82) is 0 Å². The Bertz CT molecular complexity index is 588. The van der Waals surface area contributed by atoms with Crippen molar-refractivity contribution < 1.29 is 4.79 Å². The average Bonchev–Trinajstić information content (AvgIpc) is 2.45. The van der Waals surface area contributed by atoms with Gasteiger partial charge in [0, 0.05) is 11.6 Å². The second-order valence-electron chi connectivity index (χ2n) is 4.24. The fraction of sp³-hybridized carbons (Fsp3) is 0.133. The van der Waals surface area contributed by atoms with E-state index in [0.717, 1.165) is 5.56 Å². The first kappa shape index (κ1) is 14.7. The van der Waals surface area contributed by atoms with Crippen molar-refractivity contribution in [3.05, 3.63) is 64.1 Å². The van der Waals surface area contributed by atoms with Crippen LogP contribution in [0.2, 0.25) is 10.0 Å². The number of nitrogens with one attached hydrogen (secondary N) is 2. The highest BCUT2D eigenvalue weighted by molar-refractivity contribution is 6.36. The molecule has 0 bridgehead atoms. The molecule has 0 aliphatic carbocycles. The van der Waals surface area contributed by atoms with Gasteiger partial charge in [0.05, 0.1) is 17.3 Å². The SMILES string of the molecule is O=C(CNc1ccc(Cl)cc1Cl)NCc1ccccc1. The van der Waals surface area contributed by atoms with E-state index >= 15 is 0 Å². The molecule has 2 aromatic carbocycles. The molecule has 3 nitrogen and oxygen atoms in total. The summed E-state index contributed by atoms with van der Waals surface area (Å²) in [6.07, 6.45) is 0. The summed E-state index contributed by atoms with van der Waals surface area (Å²) in [5.74, 6) is -0.0973. The number of halogens is 2. The quantitative estimate of drug-likeness (QED) is 0.884. The zero-order chi connectivity index (χ0) is 14.4. The van der Waals surface area contributed by atoms with Crippen LogP contribution in [-0.4, -0.2) is 12.5 Å². The van der Waals surface area contributed by atoms with E-state index in [1.807, 2.05) is 30.3 Å². The summed E-state index contributed by atoms with van der Waals surface area (Å²) in [6.45, 7) is 0.671. The van der Waals surface area contributed by atoms with Gasteiger partial charge < -0.3 is 10.6 Å². The fourth-order valence-corrected chi connectivity index (χ4v) is 2.14. The van der Waals surface area contributed by atoms with E-state index in [0.29, 0.717) is 22.3 Å². The summed E-state index contributed by atoms with van der Waals surface area (Å²) in [5.41, 5.74) is 1.75. The maximum atomic E-state index is 11.7. The highest BCUT2D eigenvalue weighted by Crippen LogP contribution is 2.24. The third-order valence-corrected chi connectivity index (χ3v) is 3.25. The molecular formula is C15H14Cl2N2O. The van der Waals surface area contributed by atoms with Crippen LogP contribution < -0.4 is 10.6 Å². The van der Waals surface area contributed by atoms with Crippen LogP contribution in [0.3, 0.4) is 0 Å². The lowest BCUT2D eigenvalue weighted by Gasteiger charge is -2.09. The molecular weight excluding hydrogens is 295 g/mol. The van der Waals surface area contributed by atoms with Crippen LogP contribution in [0.4, 0.5) is 5.69 Å². The highest BCUT2D eigenvalue weighted by Gasteiger charge is 2.04. The van der Waals surface area contributed by atoms with Crippen LogP contribution in [-0.2, 0) is 11.3 Å².